The van der Waals surface area contributed by atoms with Crippen LogP contribution in [0.15, 0.2) is 30.3 Å². The van der Waals surface area contributed by atoms with Crippen molar-refractivity contribution in [3.8, 4) is 11.3 Å². The summed E-state index contributed by atoms with van der Waals surface area (Å²) in [6.07, 6.45) is -0.0897. The molecule has 0 fully saturated rings. The van der Waals surface area contributed by atoms with Crippen LogP contribution in [0.4, 0.5) is 16.3 Å². The molecule has 0 saturated heterocycles. The SMILES string of the molecule is CC(C)c1nc(N(C)c2nnnn2C)nc(-c2ccc(F)cc2)c1/C=C/[C@@H](O)C[C@@H](O)CC(=O)[O-]. The van der Waals surface area contributed by atoms with Gasteiger partial charge in [0.15, 0.2) is 0 Å². The van der Waals surface area contributed by atoms with Crippen molar-refractivity contribution in [2.45, 2.75) is 44.8 Å². The first-order valence-electron chi connectivity index (χ1n) is 10.9. The Balaban J connectivity index is 2.09. The molecule has 0 saturated carbocycles. The van der Waals surface area contributed by atoms with Crippen LogP contribution < -0.4 is 10.0 Å². The molecule has 0 amide bonds. The van der Waals surface area contributed by atoms with Crippen LogP contribution in [-0.2, 0) is 11.8 Å². The Morgan fingerprint density at radius 3 is 2.49 bits per heavy atom. The van der Waals surface area contributed by atoms with E-state index in [1.54, 1.807) is 37.2 Å². The Hall–Kier alpha value is -3.77. The molecule has 2 aromatic heterocycles. The van der Waals surface area contributed by atoms with Crippen molar-refractivity contribution in [2.24, 2.45) is 7.05 Å². The normalized spacial score (nSPS) is 13.4. The van der Waals surface area contributed by atoms with Gasteiger partial charge in [0.2, 0.25) is 5.95 Å². The molecule has 0 aliphatic rings. The molecule has 0 aliphatic heterocycles. The molecule has 0 spiro atoms. The minimum absolute atomic E-state index is 0.0672. The van der Waals surface area contributed by atoms with E-state index >= 15 is 0 Å². The summed E-state index contributed by atoms with van der Waals surface area (Å²) in [6.45, 7) is 3.89. The van der Waals surface area contributed by atoms with Crippen molar-refractivity contribution in [1.82, 2.24) is 30.2 Å². The number of carbonyl (C=O) groups excluding carboxylic acids is 1. The Morgan fingerprint density at radius 1 is 1.23 bits per heavy atom. The van der Waals surface area contributed by atoms with Gasteiger partial charge in [-0.25, -0.2) is 19.0 Å². The maximum Gasteiger partial charge on any atom is 0.251 e. The van der Waals surface area contributed by atoms with Crippen LogP contribution in [0.1, 0.15) is 43.9 Å². The third-order valence-electron chi connectivity index (χ3n) is 5.23. The maximum atomic E-state index is 13.6. The number of aliphatic hydroxyl groups is 2. The van der Waals surface area contributed by atoms with Crippen LogP contribution in [0.25, 0.3) is 17.3 Å². The average molecular weight is 485 g/mol. The van der Waals surface area contributed by atoms with E-state index in [2.05, 4.69) is 15.5 Å². The summed E-state index contributed by atoms with van der Waals surface area (Å²) >= 11 is 0. The van der Waals surface area contributed by atoms with Gasteiger partial charge in [-0.1, -0.05) is 31.1 Å². The molecule has 2 atom stereocenters. The van der Waals surface area contributed by atoms with Crippen molar-refractivity contribution in [3.63, 3.8) is 0 Å². The lowest BCUT2D eigenvalue weighted by Gasteiger charge is -2.20. The van der Waals surface area contributed by atoms with Crippen LogP contribution in [0, 0.1) is 5.82 Å². The van der Waals surface area contributed by atoms with Crippen LogP contribution in [0.3, 0.4) is 0 Å². The number of halogens is 1. The highest BCUT2D eigenvalue weighted by atomic mass is 19.1. The van der Waals surface area contributed by atoms with Crippen LogP contribution in [0.5, 0.6) is 0 Å². The highest BCUT2D eigenvalue weighted by Gasteiger charge is 2.21. The molecule has 0 radical (unpaired) electrons. The van der Waals surface area contributed by atoms with Crippen LogP contribution in [0.2, 0.25) is 0 Å². The summed E-state index contributed by atoms with van der Waals surface area (Å²) in [5, 5.41) is 42.3. The Kier molecular flexibility index (Phi) is 8.20. The number of aliphatic hydroxyl groups excluding tert-OH is 2. The second-order valence-electron chi connectivity index (χ2n) is 8.39. The fourth-order valence-electron chi connectivity index (χ4n) is 3.50. The van der Waals surface area contributed by atoms with Crippen molar-refractivity contribution in [2.75, 3.05) is 11.9 Å². The largest absolute Gasteiger partial charge is 0.550 e. The lowest BCUT2D eigenvalue weighted by molar-refractivity contribution is -0.307. The molecule has 11 nitrogen and oxygen atoms in total. The fourth-order valence-corrected chi connectivity index (χ4v) is 3.50. The summed E-state index contributed by atoms with van der Waals surface area (Å²) in [7, 11) is 3.40. The van der Waals surface area contributed by atoms with Gasteiger partial charge in [-0.3, -0.25) is 4.90 Å². The quantitative estimate of drug-likeness (QED) is 0.425. The molecule has 186 valence electrons. The number of carbonyl (C=O) groups is 1. The number of aromatic nitrogens is 6. The number of rotatable bonds is 10. The first kappa shape index (κ1) is 25.8. The van der Waals surface area contributed by atoms with E-state index in [0.29, 0.717) is 34.4 Å². The van der Waals surface area contributed by atoms with Gasteiger partial charge in [0.25, 0.3) is 5.95 Å². The maximum absolute atomic E-state index is 13.6. The van der Waals surface area contributed by atoms with Crippen molar-refractivity contribution < 1.29 is 24.5 Å². The molecule has 0 bridgehead atoms. The minimum atomic E-state index is -1.40. The first-order chi connectivity index (χ1) is 16.6. The summed E-state index contributed by atoms with van der Waals surface area (Å²) < 4.78 is 15.1. The van der Waals surface area contributed by atoms with Gasteiger partial charge in [0.05, 0.1) is 23.6 Å². The summed E-state index contributed by atoms with van der Waals surface area (Å²) in [5.74, 6) is -1.15. The number of aryl methyl sites for hydroxylation is 1. The molecule has 3 rings (SSSR count). The van der Waals surface area contributed by atoms with Gasteiger partial charge >= 0.3 is 0 Å². The van der Waals surface area contributed by atoms with Gasteiger partial charge in [-0.05, 0) is 40.6 Å². The lowest BCUT2D eigenvalue weighted by Crippen LogP contribution is -2.29. The number of anilines is 2. The molecule has 0 aliphatic carbocycles. The Labute approximate surface area is 201 Å². The van der Waals surface area contributed by atoms with E-state index in [1.165, 1.54) is 22.9 Å². The molecule has 35 heavy (non-hydrogen) atoms. The summed E-state index contributed by atoms with van der Waals surface area (Å²) in [6, 6.07) is 5.82. The van der Waals surface area contributed by atoms with Crippen LogP contribution in [-0.4, -0.2) is 65.6 Å². The van der Waals surface area contributed by atoms with Gasteiger partial charge in [-0.2, -0.15) is 0 Å². The Morgan fingerprint density at radius 2 is 1.91 bits per heavy atom. The van der Waals surface area contributed by atoms with Gasteiger partial charge in [-0.15, -0.1) is 0 Å². The molecule has 12 heteroatoms. The fraction of sp³-hybridized carbons (Fsp3) is 0.391. The van der Waals surface area contributed by atoms with E-state index in [-0.39, 0.29) is 12.3 Å². The second-order valence-corrected chi connectivity index (χ2v) is 8.39. The van der Waals surface area contributed by atoms with Crippen molar-refractivity contribution in [3.05, 3.63) is 47.4 Å². The smallest absolute Gasteiger partial charge is 0.251 e. The molecular weight excluding hydrogens is 457 g/mol. The molecular formula is C23H27FN7O4-. The first-order valence-corrected chi connectivity index (χ1v) is 10.9. The zero-order valence-corrected chi connectivity index (χ0v) is 19.8. The highest BCUT2D eigenvalue weighted by Crippen LogP contribution is 2.32. The Bertz CT molecular complexity index is 1200. The van der Waals surface area contributed by atoms with Gasteiger partial charge in [0.1, 0.15) is 5.82 Å². The third-order valence-corrected chi connectivity index (χ3v) is 5.23. The number of tetrazole rings is 1. The minimum Gasteiger partial charge on any atom is -0.550 e. The zero-order valence-electron chi connectivity index (χ0n) is 19.8. The number of aliphatic carboxylic acids is 1. The monoisotopic (exact) mass is 484 g/mol. The predicted molar refractivity (Wildman–Crippen MR) is 124 cm³/mol. The molecule has 0 unspecified atom stereocenters. The van der Waals surface area contributed by atoms with E-state index < -0.39 is 30.4 Å². The number of hydrogen-bond acceptors (Lipinski definition) is 10. The second kappa shape index (κ2) is 11.1. The van der Waals surface area contributed by atoms with Gasteiger partial charge < -0.3 is 20.1 Å². The van der Waals surface area contributed by atoms with E-state index in [0.717, 1.165) is 0 Å². The number of hydrogen-bond donors (Lipinski definition) is 2. The van der Waals surface area contributed by atoms with Gasteiger partial charge in [0, 0.05) is 44.0 Å². The standard InChI is InChI=1S/C23H28FN7O4/c1-13(2)20-18(10-9-16(32)11-17(33)12-19(34)35)21(14-5-7-15(24)8-6-14)26-22(25-20)30(3)23-27-28-29-31(23)4/h5-10,13,16-17,32-33H,11-12H2,1-4H3,(H,34,35)/p-1/b10-9+/t16-,17-/m1/s1. The molecule has 1 aromatic carbocycles. The number of carboxylic acid groups (broad SMARTS) is 1. The molecule has 3 aromatic rings. The zero-order chi connectivity index (χ0) is 25.7. The molecule has 2 N–H and O–H groups in total. The van der Waals surface area contributed by atoms with Crippen molar-refractivity contribution >= 4 is 23.9 Å². The van der Waals surface area contributed by atoms with E-state index in [4.69, 9.17) is 9.97 Å². The number of nitrogens with zero attached hydrogens (tertiary/aromatic N) is 7. The summed E-state index contributed by atoms with van der Waals surface area (Å²) in [5.41, 5.74) is 2.34. The number of benzene rings is 1. The predicted octanol–water partition coefficient (Wildman–Crippen LogP) is 0.963. The average Bonchev–Trinajstić information content (AvgIpc) is 3.22. The lowest BCUT2D eigenvalue weighted by atomic mass is 9.97. The third kappa shape index (κ3) is 6.43. The van der Waals surface area contributed by atoms with Crippen molar-refractivity contribution in [1.29, 1.82) is 0 Å². The summed E-state index contributed by atoms with van der Waals surface area (Å²) in [4.78, 5) is 21.7. The topological polar surface area (TPSA) is 153 Å². The molecule has 2 heterocycles. The van der Waals surface area contributed by atoms with E-state index in [1.807, 2.05) is 13.8 Å². The number of carboxylic acids is 1. The highest BCUT2D eigenvalue weighted by molar-refractivity contribution is 5.75. The van der Waals surface area contributed by atoms with Crippen LogP contribution >= 0.6 is 0 Å². The van der Waals surface area contributed by atoms with E-state index in [9.17, 15) is 24.5 Å².